The molecule has 0 saturated carbocycles. The minimum atomic E-state index is -0.211. The summed E-state index contributed by atoms with van der Waals surface area (Å²) in [6.45, 7) is 9.09. The highest BCUT2D eigenvalue weighted by atomic mass is 127. The number of guanidine groups is 1. The van der Waals surface area contributed by atoms with Crippen molar-refractivity contribution in [2.75, 3.05) is 50.8 Å². The number of ether oxygens (including phenoxy) is 1. The van der Waals surface area contributed by atoms with E-state index in [0.29, 0.717) is 26.0 Å². The average molecular weight is 492 g/mol. The lowest BCUT2D eigenvalue weighted by Gasteiger charge is -2.37. The highest BCUT2D eigenvalue weighted by Crippen LogP contribution is 2.17. The number of carbonyl (C=O) groups excluding carboxylic acids is 1. The minimum absolute atomic E-state index is 0. The van der Waals surface area contributed by atoms with Crippen LogP contribution in [0.25, 0.3) is 0 Å². The summed E-state index contributed by atoms with van der Waals surface area (Å²) in [5, 5.41) is 3.32. The van der Waals surface area contributed by atoms with Crippen molar-refractivity contribution in [3.63, 3.8) is 0 Å². The van der Waals surface area contributed by atoms with Crippen molar-refractivity contribution >= 4 is 41.6 Å². The Balaban J connectivity index is 0.00000364. The second kappa shape index (κ2) is 12.7. The van der Waals surface area contributed by atoms with Crippen molar-refractivity contribution < 1.29 is 13.9 Å². The number of nitrogens with one attached hydrogen (secondary N) is 1. The lowest BCUT2D eigenvalue weighted by molar-refractivity contribution is -0.143. The van der Waals surface area contributed by atoms with Crippen LogP contribution in [-0.2, 0) is 9.53 Å². The standard InChI is InChI=1S/C19H29FN4O2.HI/c1-3-21-19(22-11-5-6-18(25)26-4-2)24-14-12-23(13-15-24)17-9-7-16(20)8-10-17;/h7-10H,3-6,11-15H2,1-2H3,(H,21,22);1H. The van der Waals surface area contributed by atoms with Crippen LogP contribution in [0.15, 0.2) is 29.3 Å². The van der Waals surface area contributed by atoms with Crippen molar-refractivity contribution in [3.8, 4) is 0 Å². The first-order valence-corrected chi connectivity index (χ1v) is 9.33. The molecule has 0 unspecified atom stereocenters. The van der Waals surface area contributed by atoms with E-state index in [1.165, 1.54) is 12.1 Å². The Bertz CT molecular complexity index is 590. The van der Waals surface area contributed by atoms with Gasteiger partial charge in [0, 0.05) is 51.4 Å². The number of esters is 1. The number of anilines is 1. The summed E-state index contributed by atoms with van der Waals surface area (Å²) in [5.74, 6) is 0.507. The first-order chi connectivity index (χ1) is 12.6. The second-order valence-corrected chi connectivity index (χ2v) is 6.09. The third-order valence-corrected chi connectivity index (χ3v) is 4.21. The van der Waals surface area contributed by atoms with Crippen molar-refractivity contribution in [3.05, 3.63) is 30.1 Å². The van der Waals surface area contributed by atoms with Crippen LogP contribution in [0.3, 0.4) is 0 Å². The van der Waals surface area contributed by atoms with Crippen LogP contribution >= 0.6 is 24.0 Å². The van der Waals surface area contributed by atoms with E-state index in [4.69, 9.17) is 4.74 Å². The lowest BCUT2D eigenvalue weighted by atomic mass is 10.2. The number of nitrogens with zero attached hydrogens (tertiary/aromatic N) is 3. The van der Waals surface area contributed by atoms with Crippen LogP contribution in [0.5, 0.6) is 0 Å². The van der Waals surface area contributed by atoms with Gasteiger partial charge in [-0.05, 0) is 44.5 Å². The Hall–Kier alpha value is -1.58. The summed E-state index contributed by atoms with van der Waals surface area (Å²) in [6.07, 6.45) is 1.08. The number of piperazine rings is 1. The van der Waals surface area contributed by atoms with Gasteiger partial charge in [-0.15, -0.1) is 24.0 Å². The Morgan fingerprint density at radius 3 is 2.44 bits per heavy atom. The normalized spacial score (nSPS) is 14.6. The first kappa shape index (κ1) is 23.5. The van der Waals surface area contributed by atoms with Gasteiger partial charge in [0.05, 0.1) is 6.61 Å². The number of benzene rings is 1. The molecule has 1 aromatic rings. The molecule has 1 aromatic carbocycles. The van der Waals surface area contributed by atoms with E-state index < -0.39 is 0 Å². The number of rotatable bonds is 7. The Morgan fingerprint density at radius 2 is 1.85 bits per heavy atom. The molecule has 2 rings (SSSR count). The molecule has 0 amide bonds. The molecule has 0 aromatic heterocycles. The van der Waals surface area contributed by atoms with Gasteiger partial charge in [-0.3, -0.25) is 9.79 Å². The molecule has 0 bridgehead atoms. The minimum Gasteiger partial charge on any atom is -0.466 e. The second-order valence-electron chi connectivity index (χ2n) is 6.09. The summed E-state index contributed by atoms with van der Waals surface area (Å²) in [5.41, 5.74) is 1.04. The fourth-order valence-electron chi connectivity index (χ4n) is 2.90. The van der Waals surface area contributed by atoms with Gasteiger partial charge >= 0.3 is 5.97 Å². The van der Waals surface area contributed by atoms with Crippen LogP contribution in [0.4, 0.5) is 10.1 Å². The molecule has 152 valence electrons. The fraction of sp³-hybridized carbons (Fsp3) is 0.579. The third-order valence-electron chi connectivity index (χ3n) is 4.21. The van der Waals surface area contributed by atoms with Gasteiger partial charge in [-0.25, -0.2) is 4.39 Å². The molecular weight excluding hydrogens is 462 g/mol. The fourth-order valence-corrected chi connectivity index (χ4v) is 2.90. The smallest absolute Gasteiger partial charge is 0.305 e. The SMILES string of the molecule is CCNC(=NCCCC(=O)OCC)N1CCN(c2ccc(F)cc2)CC1.I. The number of hydrogen-bond donors (Lipinski definition) is 1. The van der Waals surface area contributed by atoms with Gasteiger partial charge in [0.15, 0.2) is 5.96 Å². The Kier molecular flexibility index (Phi) is 11.1. The molecule has 27 heavy (non-hydrogen) atoms. The molecule has 1 aliphatic rings. The molecule has 1 saturated heterocycles. The molecule has 0 aliphatic carbocycles. The number of carbonyl (C=O) groups is 1. The van der Waals surface area contributed by atoms with E-state index in [1.807, 2.05) is 26.0 Å². The zero-order valence-corrected chi connectivity index (χ0v) is 18.4. The van der Waals surface area contributed by atoms with Crippen molar-refractivity contribution in [2.45, 2.75) is 26.7 Å². The lowest BCUT2D eigenvalue weighted by Crippen LogP contribution is -2.52. The maximum absolute atomic E-state index is 13.1. The molecule has 0 radical (unpaired) electrons. The highest BCUT2D eigenvalue weighted by Gasteiger charge is 2.19. The first-order valence-electron chi connectivity index (χ1n) is 9.33. The maximum atomic E-state index is 13.1. The van der Waals surface area contributed by atoms with Crippen LogP contribution in [0, 0.1) is 5.82 Å². The largest absolute Gasteiger partial charge is 0.466 e. The van der Waals surface area contributed by atoms with Gasteiger partial charge < -0.3 is 19.9 Å². The Morgan fingerprint density at radius 1 is 1.19 bits per heavy atom. The summed E-state index contributed by atoms with van der Waals surface area (Å²) < 4.78 is 18.0. The topological polar surface area (TPSA) is 57.2 Å². The molecule has 0 atom stereocenters. The summed E-state index contributed by atoms with van der Waals surface area (Å²) in [6, 6.07) is 6.63. The molecular formula is C19H30FIN4O2. The maximum Gasteiger partial charge on any atom is 0.305 e. The summed E-state index contributed by atoms with van der Waals surface area (Å²) in [7, 11) is 0. The highest BCUT2D eigenvalue weighted by molar-refractivity contribution is 14.0. The monoisotopic (exact) mass is 492 g/mol. The summed E-state index contributed by atoms with van der Waals surface area (Å²) in [4.78, 5) is 20.5. The van der Waals surface area contributed by atoms with E-state index in [2.05, 4.69) is 20.1 Å². The third kappa shape index (κ3) is 7.90. The molecule has 0 spiro atoms. The predicted molar refractivity (Wildman–Crippen MR) is 117 cm³/mol. The molecule has 6 nitrogen and oxygen atoms in total. The molecule has 8 heteroatoms. The van der Waals surface area contributed by atoms with Gasteiger partial charge in [-0.2, -0.15) is 0 Å². The van der Waals surface area contributed by atoms with Crippen LogP contribution in [0.2, 0.25) is 0 Å². The number of hydrogen-bond acceptors (Lipinski definition) is 4. The van der Waals surface area contributed by atoms with Gasteiger partial charge in [0.25, 0.3) is 0 Å². The van der Waals surface area contributed by atoms with Crippen LogP contribution in [0.1, 0.15) is 26.7 Å². The van der Waals surface area contributed by atoms with Gasteiger partial charge in [0.2, 0.25) is 0 Å². The Labute approximate surface area is 178 Å². The number of halogens is 2. The van der Waals surface area contributed by atoms with Crippen LogP contribution in [-0.4, -0.2) is 62.7 Å². The van der Waals surface area contributed by atoms with E-state index in [9.17, 15) is 9.18 Å². The molecule has 1 fully saturated rings. The zero-order valence-electron chi connectivity index (χ0n) is 16.1. The predicted octanol–water partition coefficient (Wildman–Crippen LogP) is 2.87. The van der Waals surface area contributed by atoms with E-state index in [1.54, 1.807) is 0 Å². The zero-order chi connectivity index (χ0) is 18.8. The van der Waals surface area contributed by atoms with Gasteiger partial charge in [-0.1, -0.05) is 0 Å². The molecule has 1 heterocycles. The van der Waals surface area contributed by atoms with Crippen molar-refractivity contribution in [1.29, 1.82) is 0 Å². The molecule has 1 N–H and O–H groups in total. The summed E-state index contributed by atoms with van der Waals surface area (Å²) >= 11 is 0. The van der Waals surface area contributed by atoms with E-state index in [-0.39, 0.29) is 35.8 Å². The van der Waals surface area contributed by atoms with E-state index >= 15 is 0 Å². The van der Waals surface area contributed by atoms with Crippen molar-refractivity contribution in [2.24, 2.45) is 4.99 Å². The average Bonchev–Trinajstić information content (AvgIpc) is 2.65. The quantitative estimate of drug-likeness (QED) is 0.209. The molecule has 1 aliphatic heterocycles. The van der Waals surface area contributed by atoms with E-state index in [0.717, 1.165) is 44.4 Å². The van der Waals surface area contributed by atoms with Gasteiger partial charge in [0.1, 0.15) is 5.82 Å². The van der Waals surface area contributed by atoms with Crippen molar-refractivity contribution in [1.82, 2.24) is 10.2 Å². The number of aliphatic imine (C=N–C) groups is 1. The van der Waals surface area contributed by atoms with Crippen LogP contribution < -0.4 is 10.2 Å².